The predicted octanol–water partition coefficient (Wildman–Crippen LogP) is 5.06. The van der Waals surface area contributed by atoms with E-state index in [2.05, 4.69) is 20.3 Å². The summed E-state index contributed by atoms with van der Waals surface area (Å²) in [6.07, 6.45) is 1.48. The molecule has 36 heavy (non-hydrogen) atoms. The SMILES string of the molecule is CN1C(=Nc2ccc3ncnc(Nc4ccc(OCc5cccc(F)c5)c(Cl)c4)c3c2)OC[C@@H]1CO. The number of halogens is 2. The van der Waals surface area contributed by atoms with Crippen molar-refractivity contribution >= 4 is 45.7 Å². The van der Waals surface area contributed by atoms with E-state index >= 15 is 0 Å². The third kappa shape index (κ3) is 5.17. The van der Waals surface area contributed by atoms with E-state index in [1.165, 1.54) is 18.5 Å². The van der Waals surface area contributed by atoms with Gasteiger partial charge in [0.2, 0.25) is 0 Å². The van der Waals surface area contributed by atoms with Crippen LogP contribution in [-0.4, -0.2) is 52.3 Å². The summed E-state index contributed by atoms with van der Waals surface area (Å²) in [6, 6.07) is 17.4. The molecule has 8 nitrogen and oxygen atoms in total. The molecule has 1 aliphatic heterocycles. The minimum Gasteiger partial charge on any atom is -0.487 e. The van der Waals surface area contributed by atoms with Gasteiger partial charge in [0, 0.05) is 18.1 Å². The van der Waals surface area contributed by atoms with Crippen LogP contribution in [0.15, 0.2) is 72.0 Å². The second-order valence-corrected chi connectivity index (χ2v) is 8.67. The molecule has 3 aromatic carbocycles. The summed E-state index contributed by atoms with van der Waals surface area (Å²) >= 11 is 6.44. The predicted molar refractivity (Wildman–Crippen MR) is 137 cm³/mol. The first-order valence-corrected chi connectivity index (χ1v) is 11.6. The normalized spacial score (nSPS) is 16.4. The fourth-order valence-electron chi connectivity index (χ4n) is 3.77. The van der Waals surface area contributed by atoms with E-state index in [0.717, 1.165) is 10.9 Å². The summed E-state index contributed by atoms with van der Waals surface area (Å²) in [6.45, 7) is 0.578. The average molecular weight is 508 g/mol. The van der Waals surface area contributed by atoms with Crippen molar-refractivity contribution in [2.75, 3.05) is 25.6 Å². The zero-order valence-electron chi connectivity index (χ0n) is 19.4. The van der Waals surface area contributed by atoms with Crippen molar-refractivity contribution in [3.8, 4) is 5.75 Å². The summed E-state index contributed by atoms with van der Waals surface area (Å²) in [5.41, 5.74) is 2.83. The molecule has 0 amide bonds. The highest BCUT2D eigenvalue weighted by atomic mass is 35.5. The molecule has 1 fully saturated rings. The van der Waals surface area contributed by atoms with Gasteiger partial charge in [-0.25, -0.2) is 14.4 Å². The third-order valence-electron chi connectivity index (χ3n) is 5.79. The topological polar surface area (TPSA) is 92.1 Å². The molecule has 1 saturated heterocycles. The monoisotopic (exact) mass is 507 g/mol. The number of aliphatic hydroxyl groups is 1. The molecule has 5 rings (SSSR count). The number of hydrogen-bond acceptors (Lipinski definition) is 7. The van der Waals surface area contributed by atoms with Crippen LogP contribution in [0.4, 0.5) is 21.6 Å². The number of hydrogen-bond donors (Lipinski definition) is 2. The van der Waals surface area contributed by atoms with Gasteiger partial charge < -0.3 is 24.8 Å². The van der Waals surface area contributed by atoms with E-state index in [9.17, 15) is 9.50 Å². The summed E-state index contributed by atoms with van der Waals surface area (Å²) in [7, 11) is 1.83. The Morgan fingerprint density at radius 3 is 2.86 bits per heavy atom. The van der Waals surface area contributed by atoms with Crippen LogP contribution in [0.3, 0.4) is 0 Å². The Morgan fingerprint density at radius 2 is 2.08 bits per heavy atom. The Morgan fingerprint density at radius 1 is 1.19 bits per heavy atom. The van der Waals surface area contributed by atoms with Crippen LogP contribution in [0.5, 0.6) is 5.75 Å². The molecular formula is C26H23ClFN5O3. The number of ether oxygens (including phenoxy) is 2. The van der Waals surface area contributed by atoms with Gasteiger partial charge in [0.25, 0.3) is 6.02 Å². The number of aliphatic imine (C=N–C) groups is 1. The Hall–Kier alpha value is -3.95. The molecule has 1 aliphatic rings. The van der Waals surface area contributed by atoms with Crippen LogP contribution in [0.25, 0.3) is 10.9 Å². The lowest BCUT2D eigenvalue weighted by atomic mass is 10.2. The first-order chi connectivity index (χ1) is 17.5. The lowest BCUT2D eigenvalue weighted by molar-refractivity contribution is 0.197. The maximum absolute atomic E-state index is 13.4. The van der Waals surface area contributed by atoms with E-state index in [4.69, 9.17) is 21.1 Å². The van der Waals surface area contributed by atoms with Gasteiger partial charge in [-0.2, -0.15) is 4.99 Å². The summed E-state index contributed by atoms with van der Waals surface area (Å²) in [5.74, 6) is 0.755. The van der Waals surface area contributed by atoms with Gasteiger partial charge in [-0.3, -0.25) is 0 Å². The smallest absolute Gasteiger partial charge is 0.292 e. The van der Waals surface area contributed by atoms with Crippen molar-refractivity contribution in [1.82, 2.24) is 14.9 Å². The van der Waals surface area contributed by atoms with E-state index in [1.54, 1.807) is 24.3 Å². The van der Waals surface area contributed by atoms with Crippen molar-refractivity contribution in [2.24, 2.45) is 4.99 Å². The quantitative estimate of drug-likeness (QED) is 0.361. The highest BCUT2D eigenvalue weighted by Gasteiger charge is 2.27. The van der Waals surface area contributed by atoms with Gasteiger partial charge in [-0.15, -0.1) is 0 Å². The van der Waals surface area contributed by atoms with Crippen LogP contribution in [-0.2, 0) is 11.3 Å². The highest BCUT2D eigenvalue weighted by Crippen LogP contribution is 2.32. The first-order valence-electron chi connectivity index (χ1n) is 11.2. The highest BCUT2D eigenvalue weighted by molar-refractivity contribution is 6.32. The number of nitrogens with zero attached hydrogens (tertiary/aromatic N) is 4. The molecule has 1 atom stereocenters. The number of nitrogens with one attached hydrogen (secondary N) is 1. The Balaban J connectivity index is 1.35. The number of aliphatic hydroxyl groups excluding tert-OH is 1. The average Bonchev–Trinajstić information content (AvgIpc) is 3.23. The minimum absolute atomic E-state index is 0.00760. The molecule has 0 unspecified atom stereocenters. The number of likely N-dealkylation sites (N-methyl/N-ethyl adjacent to an activating group) is 1. The van der Waals surface area contributed by atoms with Gasteiger partial charge in [-0.1, -0.05) is 23.7 Å². The van der Waals surface area contributed by atoms with Crippen LogP contribution < -0.4 is 10.1 Å². The Bertz CT molecular complexity index is 1430. The molecule has 0 saturated carbocycles. The van der Waals surface area contributed by atoms with E-state index < -0.39 is 0 Å². The fraction of sp³-hybridized carbons (Fsp3) is 0.192. The zero-order valence-corrected chi connectivity index (χ0v) is 20.1. The lowest BCUT2D eigenvalue weighted by Crippen LogP contribution is -2.32. The number of fused-ring (bicyclic) bond motifs is 1. The van der Waals surface area contributed by atoms with Crippen molar-refractivity contribution in [3.05, 3.63) is 83.4 Å². The summed E-state index contributed by atoms with van der Waals surface area (Å²) in [4.78, 5) is 15.1. The number of amidine groups is 1. The maximum Gasteiger partial charge on any atom is 0.292 e. The van der Waals surface area contributed by atoms with Gasteiger partial charge >= 0.3 is 0 Å². The second-order valence-electron chi connectivity index (χ2n) is 8.27. The van der Waals surface area contributed by atoms with Gasteiger partial charge in [0.1, 0.15) is 36.9 Å². The van der Waals surface area contributed by atoms with Crippen molar-refractivity contribution < 1.29 is 19.0 Å². The number of anilines is 2. The van der Waals surface area contributed by atoms with Crippen LogP contribution in [0, 0.1) is 5.82 Å². The fourth-order valence-corrected chi connectivity index (χ4v) is 4.01. The van der Waals surface area contributed by atoms with Crippen LogP contribution >= 0.6 is 11.6 Å². The summed E-state index contributed by atoms with van der Waals surface area (Å²) in [5, 5.41) is 13.9. The molecule has 1 aromatic heterocycles. The number of benzene rings is 3. The first kappa shape index (κ1) is 23.8. The Labute approximate surface area is 212 Å². The molecule has 4 aromatic rings. The molecule has 2 heterocycles. The maximum atomic E-state index is 13.4. The van der Waals surface area contributed by atoms with Crippen LogP contribution in [0.2, 0.25) is 5.02 Å². The van der Waals surface area contributed by atoms with Crippen molar-refractivity contribution in [3.63, 3.8) is 0 Å². The number of aromatic nitrogens is 2. The van der Waals surface area contributed by atoms with Crippen molar-refractivity contribution in [2.45, 2.75) is 12.6 Å². The Kier molecular flexibility index (Phi) is 6.84. The van der Waals surface area contributed by atoms with E-state index in [1.807, 2.05) is 36.2 Å². The molecule has 0 aliphatic carbocycles. The lowest BCUT2D eigenvalue weighted by Gasteiger charge is -2.15. The number of rotatable bonds is 7. The molecule has 0 radical (unpaired) electrons. The molecular weight excluding hydrogens is 485 g/mol. The third-order valence-corrected chi connectivity index (χ3v) is 6.08. The second kappa shape index (κ2) is 10.3. The van der Waals surface area contributed by atoms with Gasteiger partial charge in [0.15, 0.2) is 0 Å². The van der Waals surface area contributed by atoms with Crippen molar-refractivity contribution in [1.29, 1.82) is 0 Å². The molecule has 0 bridgehead atoms. The standard InChI is InChI=1S/C26H23ClFN5O3/c1-33-20(12-34)14-36-26(33)32-18-5-7-23-21(10-18)25(30-15-29-23)31-19-6-8-24(22(27)11-19)35-13-16-3-2-4-17(28)9-16/h2-11,15,20,34H,12-14H2,1H3,(H,29,30,31)/t20-/m0/s1. The van der Waals surface area contributed by atoms with Gasteiger partial charge in [0.05, 0.1) is 28.9 Å². The summed E-state index contributed by atoms with van der Waals surface area (Å²) < 4.78 is 24.8. The zero-order chi connectivity index (χ0) is 25.1. The molecule has 0 spiro atoms. The van der Waals surface area contributed by atoms with Crippen LogP contribution in [0.1, 0.15) is 5.56 Å². The molecule has 184 valence electrons. The van der Waals surface area contributed by atoms with Gasteiger partial charge in [-0.05, 0) is 54.1 Å². The largest absolute Gasteiger partial charge is 0.487 e. The minimum atomic E-state index is -0.314. The van der Waals surface area contributed by atoms with E-state index in [0.29, 0.717) is 46.2 Å². The molecule has 10 heteroatoms. The molecule has 2 N–H and O–H groups in total. The van der Waals surface area contributed by atoms with E-state index in [-0.39, 0.29) is 25.1 Å².